The van der Waals surface area contributed by atoms with E-state index >= 15 is 0 Å². The van der Waals surface area contributed by atoms with Gasteiger partial charge in [0.15, 0.2) is 0 Å². The molecule has 2 N–H and O–H groups in total. The van der Waals surface area contributed by atoms with Crippen LogP contribution in [0.5, 0.6) is 5.75 Å². The van der Waals surface area contributed by atoms with Crippen LogP contribution in [0.1, 0.15) is 17.9 Å². The second-order valence-corrected chi connectivity index (χ2v) is 6.07. The molecule has 0 aromatic heterocycles. The van der Waals surface area contributed by atoms with Crippen molar-refractivity contribution in [1.29, 1.82) is 0 Å². The first-order chi connectivity index (χ1) is 12.0. The van der Waals surface area contributed by atoms with E-state index in [1.54, 1.807) is 24.3 Å². The maximum Gasteiger partial charge on any atom is 0.228 e. The Morgan fingerprint density at radius 3 is 2.80 bits per heavy atom. The van der Waals surface area contributed by atoms with Gasteiger partial charge < -0.3 is 15.4 Å². The van der Waals surface area contributed by atoms with Crippen LogP contribution in [0.3, 0.4) is 0 Å². The molecule has 0 fully saturated rings. The normalized spacial score (nSPS) is 15.9. The van der Waals surface area contributed by atoms with Crippen molar-refractivity contribution in [3.05, 3.63) is 58.9 Å². The molecule has 0 bridgehead atoms. The van der Waals surface area contributed by atoms with Crippen molar-refractivity contribution in [3.8, 4) is 5.75 Å². The second-order valence-electron chi connectivity index (χ2n) is 5.63. The summed E-state index contributed by atoms with van der Waals surface area (Å²) in [4.78, 5) is 24.1. The maximum atomic E-state index is 13.3. The van der Waals surface area contributed by atoms with E-state index in [0.717, 1.165) is 0 Å². The Bertz CT molecular complexity index is 795. The molecule has 130 valence electrons. The van der Waals surface area contributed by atoms with Gasteiger partial charge in [-0.1, -0.05) is 17.7 Å². The summed E-state index contributed by atoms with van der Waals surface area (Å²) >= 11 is 5.79. The van der Waals surface area contributed by atoms with Crippen LogP contribution in [0.25, 0.3) is 0 Å². The van der Waals surface area contributed by atoms with Gasteiger partial charge >= 0.3 is 0 Å². The molecule has 2 aromatic rings. The molecular weight excluding hydrogens is 347 g/mol. The number of carbonyl (C=O) groups excluding carboxylic acids is 2. The highest BCUT2D eigenvalue weighted by atomic mass is 35.5. The number of fused-ring (bicyclic) bond motifs is 1. The van der Waals surface area contributed by atoms with Gasteiger partial charge in [0.1, 0.15) is 18.2 Å². The fourth-order valence-electron chi connectivity index (χ4n) is 2.67. The zero-order valence-electron chi connectivity index (χ0n) is 13.2. The number of ether oxygens (including phenoxy) is 1. The molecule has 25 heavy (non-hydrogen) atoms. The number of amides is 2. The van der Waals surface area contributed by atoms with Crippen LogP contribution in [0.4, 0.5) is 10.1 Å². The minimum atomic E-state index is -0.639. The first kappa shape index (κ1) is 17.2. The molecule has 1 heterocycles. The van der Waals surface area contributed by atoms with Crippen LogP contribution in [0.2, 0.25) is 5.02 Å². The Balaban J connectivity index is 1.56. The molecule has 5 nitrogen and oxygen atoms in total. The monoisotopic (exact) mass is 362 g/mol. The Morgan fingerprint density at radius 2 is 2.04 bits per heavy atom. The van der Waals surface area contributed by atoms with Crippen molar-refractivity contribution in [3.63, 3.8) is 0 Å². The predicted octanol–water partition coefficient (Wildman–Crippen LogP) is 3.10. The van der Waals surface area contributed by atoms with E-state index in [1.807, 2.05) is 0 Å². The molecule has 0 aliphatic carbocycles. The van der Waals surface area contributed by atoms with Gasteiger partial charge in [-0.05, 0) is 42.0 Å². The number of nitrogens with one attached hydrogen (secondary N) is 2. The van der Waals surface area contributed by atoms with Crippen molar-refractivity contribution in [2.75, 3.05) is 18.5 Å². The maximum absolute atomic E-state index is 13.3. The van der Waals surface area contributed by atoms with Crippen molar-refractivity contribution < 1.29 is 18.7 Å². The van der Waals surface area contributed by atoms with E-state index < -0.39 is 11.7 Å². The summed E-state index contributed by atoms with van der Waals surface area (Å²) in [6.45, 7) is 0.568. The second kappa shape index (κ2) is 7.53. The lowest BCUT2D eigenvalue weighted by atomic mass is 9.90. The van der Waals surface area contributed by atoms with Gasteiger partial charge in [0.25, 0.3) is 0 Å². The number of anilines is 1. The summed E-state index contributed by atoms with van der Waals surface area (Å²) in [5.41, 5.74) is 0.950. The number of hydrogen-bond acceptors (Lipinski definition) is 3. The number of carbonyl (C=O) groups is 2. The first-order valence-electron chi connectivity index (χ1n) is 7.78. The molecule has 0 saturated carbocycles. The summed E-state index contributed by atoms with van der Waals surface area (Å²) in [7, 11) is 0. The van der Waals surface area contributed by atoms with E-state index in [9.17, 15) is 14.0 Å². The highest BCUT2D eigenvalue weighted by Gasteiger charge is 2.30. The van der Waals surface area contributed by atoms with E-state index in [-0.39, 0.29) is 31.4 Å². The molecular formula is C18H16ClFN2O3. The molecule has 2 aromatic carbocycles. The molecule has 1 aliphatic rings. The molecule has 2 amide bonds. The van der Waals surface area contributed by atoms with Crippen molar-refractivity contribution >= 4 is 29.1 Å². The van der Waals surface area contributed by atoms with E-state index in [1.165, 1.54) is 18.2 Å². The van der Waals surface area contributed by atoms with Crippen molar-refractivity contribution in [1.82, 2.24) is 5.32 Å². The molecule has 1 unspecified atom stereocenters. The molecule has 1 aliphatic heterocycles. The Labute approximate surface area is 149 Å². The Kier molecular flexibility index (Phi) is 5.19. The summed E-state index contributed by atoms with van der Waals surface area (Å²) in [6.07, 6.45) is 0.0303. The predicted molar refractivity (Wildman–Crippen MR) is 92.3 cm³/mol. The quantitative estimate of drug-likeness (QED) is 0.803. The number of halogens is 2. The molecule has 3 rings (SSSR count). The lowest BCUT2D eigenvalue weighted by molar-refractivity contribution is -0.126. The average molecular weight is 363 g/mol. The molecule has 0 saturated heterocycles. The smallest absolute Gasteiger partial charge is 0.228 e. The van der Waals surface area contributed by atoms with Crippen molar-refractivity contribution in [2.24, 2.45) is 0 Å². The minimum absolute atomic E-state index is 0.0303. The van der Waals surface area contributed by atoms with Gasteiger partial charge in [0.05, 0.1) is 12.5 Å². The first-order valence-corrected chi connectivity index (χ1v) is 8.16. The van der Waals surface area contributed by atoms with Crippen LogP contribution >= 0.6 is 11.6 Å². The summed E-state index contributed by atoms with van der Waals surface area (Å²) in [5.74, 6) is -1.05. The average Bonchev–Trinajstić information content (AvgIpc) is 2.59. The van der Waals surface area contributed by atoms with Gasteiger partial charge in [-0.2, -0.15) is 0 Å². The summed E-state index contributed by atoms with van der Waals surface area (Å²) in [6, 6.07) is 10.9. The lowest BCUT2D eigenvalue weighted by Gasteiger charge is -2.24. The number of benzene rings is 2. The minimum Gasteiger partial charge on any atom is -0.492 e. The fourth-order valence-corrected chi connectivity index (χ4v) is 2.79. The zero-order chi connectivity index (χ0) is 17.8. The van der Waals surface area contributed by atoms with Crippen LogP contribution in [0.15, 0.2) is 42.5 Å². The van der Waals surface area contributed by atoms with E-state index in [0.29, 0.717) is 22.0 Å². The highest BCUT2D eigenvalue weighted by Crippen LogP contribution is 2.32. The molecule has 7 heteroatoms. The van der Waals surface area contributed by atoms with Gasteiger partial charge in [-0.25, -0.2) is 4.39 Å². The summed E-state index contributed by atoms with van der Waals surface area (Å²) in [5, 5.41) is 5.95. The van der Waals surface area contributed by atoms with Gasteiger partial charge in [0, 0.05) is 17.1 Å². The number of hydrogen-bond donors (Lipinski definition) is 2. The third-order valence-electron chi connectivity index (χ3n) is 3.85. The van der Waals surface area contributed by atoms with Gasteiger partial charge in [-0.15, -0.1) is 0 Å². The van der Waals surface area contributed by atoms with Crippen LogP contribution < -0.4 is 15.4 Å². The highest BCUT2D eigenvalue weighted by molar-refractivity contribution is 6.30. The van der Waals surface area contributed by atoms with Crippen molar-refractivity contribution in [2.45, 2.75) is 12.3 Å². The topological polar surface area (TPSA) is 67.4 Å². The van der Waals surface area contributed by atoms with Crippen LogP contribution in [-0.2, 0) is 9.59 Å². The van der Waals surface area contributed by atoms with E-state index in [4.69, 9.17) is 16.3 Å². The molecule has 0 spiro atoms. The molecule has 0 radical (unpaired) electrons. The third-order valence-corrected chi connectivity index (χ3v) is 4.11. The fraction of sp³-hybridized carbons (Fsp3) is 0.222. The zero-order valence-corrected chi connectivity index (χ0v) is 14.0. The molecule has 1 atom stereocenters. The van der Waals surface area contributed by atoms with Gasteiger partial charge in [0.2, 0.25) is 11.8 Å². The van der Waals surface area contributed by atoms with Crippen LogP contribution in [-0.4, -0.2) is 25.0 Å². The standard InChI is InChI=1S/C18H16ClFN2O3/c19-11-1-4-13(5-2-11)25-8-7-21-18(24)15-10-17(23)22-16-9-12(20)3-6-14(15)16/h1-6,9,15H,7-8,10H2,(H,21,24)(H,22,23). The van der Waals surface area contributed by atoms with Crippen LogP contribution in [0, 0.1) is 5.82 Å². The summed E-state index contributed by atoms with van der Waals surface area (Å²) < 4.78 is 18.8. The SMILES string of the molecule is O=C1CC(C(=O)NCCOc2ccc(Cl)cc2)c2ccc(F)cc2N1. The Hall–Kier alpha value is -2.60. The van der Waals surface area contributed by atoms with E-state index in [2.05, 4.69) is 10.6 Å². The van der Waals surface area contributed by atoms with Gasteiger partial charge in [-0.3, -0.25) is 9.59 Å². The largest absolute Gasteiger partial charge is 0.492 e. The Morgan fingerprint density at radius 1 is 1.28 bits per heavy atom. The third kappa shape index (κ3) is 4.28. The lowest BCUT2D eigenvalue weighted by Crippen LogP contribution is -2.36. The number of rotatable bonds is 5.